The fraction of sp³-hybridized carbons (Fsp3) is 0.150. The Morgan fingerprint density at radius 1 is 1.04 bits per heavy atom. The van der Waals surface area contributed by atoms with Gasteiger partial charge in [0.2, 0.25) is 5.88 Å². The fourth-order valence-electron chi connectivity index (χ4n) is 3.02. The van der Waals surface area contributed by atoms with Crippen molar-refractivity contribution in [1.82, 2.24) is 4.98 Å². The lowest BCUT2D eigenvalue weighted by molar-refractivity contribution is 0.0522. The Hall–Kier alpha value is -2.78. The van der Waals surface area contributed by atoms with Crippen LogP contribution in [0.4, 0.5) is 0 Å². The summed E-state index contributed by atoms with van der Waals surface area (Å²) in [5.74, 6) is -0.972. The first-order valence-corrected chi connectivity index (χ1v) is 10.0. The second-order valence-corrected chi connectivity index (χ2v) is 8.52. The Labute approximate surface area is 152 Å². The van der Waals surface area contributed by atoms with E-state index in [2.05, 4.69) is 4.98 Å². The number of esters is 1. The van der Waals surface area contributed by atoms with E-state index in [1.165, 1.54) is 0 Å². The zero-order valence-corrected chi connectivity index (χ0v) is 15.5. The number of carbonyl (C=O) groups excluding carboxylic acids is 1. The van der Waals surface area contributed by atoms with Crippen LogP contribution in [0.5, 0.6) is 5.88 Å². The van der Waals surface area contributed by atoms with E-state index in [0.29, 0.717) is 21.6 Å². The molecule has 0 aliphatic carbocycles. The molecule has 0 atom stereocenters. The maximum atomic E-state index is 14.3. The zero-order chi connectivity index (χ0) is 18.7. The molecule has 0 spiro atoms. The number of nitrogens with one attached hydrogen (secondary N) is 1. The van der Waals surface area contributed by atoms with Gasteiger partial charge in [-0.2, -0.15) is 0 Å². The minimum Gasteiger partial charge on any atom is -0.494 e. The molecule has 0 unspecified atom stereocenters. The van der Waals surface area contributed by atoms with Gasteiger partial charge in [0, 0.05) is 10.6 Å². The molecular formula is C20H20NO4P. The van der Waals surface area contributed by atoms with E-state index in [9.17, 15) is 14.5 Å². The van der Waals surface area contributed by atoms with Crippen molar-refractivity contribution in [2.75, 3.05) is 6.61 Å². The molecular weight excluding hydrogens is 349 g/mol. The van der Waals surface area contributed by atoms with Crippen LogP contribution in [-0.4, -0.2) is 22.7 Å². The van der Waals surface area contributed by atoms with Crippen molar-refractivity contribution in [3.8, 4) is 5.88 Å². The molecule has 0 saturated carbocycles. The van der Waals surface area contributed by atoms with E-state index < -0.39 is 13.1 Å². The summed E-state index contributed by atoms with van der Waals surface area (Å²) < 4.78 is 19.3. The van der Waals surface area contributed by atoms with Gasteiger partial charge >= 0.3 is 5.97 Å². The molecule has 5 nitrogen and oxygen atoms in total. The van der Waals surface area contributed by atoms with E-state index in [1.54, 1.807) is 38.1 Å². The number of aromatic amines is 1. The number of carbonyl (C=O) groups is 1. The largest absolute Gasteiger partial charge is 0.494 e. The second-order valence-electron chi connectivity index (χ2n) is 5.82. The predicted molar refractivity (Wildman–Crippen MR) is 103 cm³/mol. The van der Waals surface area contributed by atoms with Crippen LogP contribution in [0.15, 0.2) is 60.7 Å². The van der Waals surface area contributed by atoms with Crippen molar-refractivity contribution in [3.63, 3.8) is 0 Å². The third-order valence-corrected chi connectivity index (χ3v) is 7.37. The normalized spacial score (nSPS) is 11.3. The van der Waals surface area contributed by atoms with Gasteiger partial charge < -0.3 is 19.4 Å². The Bertz CT molecular complexity index is 921. The summed E-state index contributed by atoms with van der Waals surface area (Å²) in [6.45, 7) is 3.54. The van der Waals surface area contributed by atoms with Gasteiger partial charge in [0.1, 0.15) is 5.56 Å². The molecule has 2 N–H and O–H groups in total. The summed E-state index contributed by atoms with van der Waals surface area (Å²) >= 11 is 0. The zero-order valence-electron chi connectivity index (χ0n) is 14.6. The second kappa shape index (κ2) is 7.22. The number of benzene rings is 2. The lowest BCUT2D eigenvalue weighted by Crippen LogP contribution is -2.27. The number of H-pyrrole nitrogens is 1. The molecule has 0 radical (unpaired) electrons. The highest BCUT2D eigenvalue weighted by molar-refractivity contribution is 7.85. The van der Waals surface area contributed by atoms with E-state index in [0.717, 1.165) is 0 Å². The van der Waals surface area contributed by atoms with Crippen LogP contribution < -0.4 is 16.0 Å². The minimum absolute atomic E-state index is 0.0222. The van der Waals surface area contributed by atoms with E-state index >= 15 is 0 Å². The van der Waals surface area contributed by atoms with Crippen molar-refractivity contribution < 1.29 is 19.2 Å². The van der Waals surface area contributed by atoms with Crippen LogP contribution in [0.1, 0.15) is 22.8 Å². The summed E-state index contributed by atoms with van der Waals surface area (Å²) in [7, 11) is -3.30. The highest BCUT2D eigenvalue weighted by Gasteiger charge is 2.36. The van der Waals surface area contributed by atoms with Crippen molar-refractivity contribution in [1.29, 1.82) is 0 Å². The van der Waals surface area contributed by atoms with Gasteiger partial charge in [-0.3, -0.25) is 0 Å². The molecule has 26 heavy (non-hydrogen) atoms. The number of aromatic nitrogens is 1. The van der Waals surface area contributed by atoms with E-state index in [1.807, 2.05) is 36.4 Å². The molecule has 6 heteroatoms. The molecule has 3 aromatic rings. The van der Waals surface area contributed by atoms with Crippen molar-refractivity contribution in [2.45, 2.75) is 13.8 Å². The minimum atomic E-state index is -3.30. The van der Waals surface area contributed by atoms with Gasteiger partial charge in [-0.15, -0.1) is 0 Å². The highest BCUT2D eigenvalue weighted by Crippen LogP contribution is 2.44. The third-order valence-electron chi connectivity index (χ3n) is 4.24. The van der Waals surface area contributed by atoms with Crippen LogP contribution in [0.3, 0.4) is 0 Å². The average Bonchev–Trinajstić information content (AvgIpc) is 2.97. The van der Waals surface area contributed by atoms with Crippen molar-refractivity contribution >= 4 is 29.2 Å². The average molecular weight is 369 g/mol. The lowest BCUT2D eigenvalue weighted by Gasteiger charge is -2.19. The Morgan fingerprint density at radius 3 is 2.00 bits per heavy atom. The Kier molecular flexibility index (Phi) is 5.01. The van der Waals surface area contributed by atoms with Gasteiger partial charge in [0.15, 0.2) is 7.14 Å². The monoisotopic (exact) mass is 369 g/mol. The lowest BCUT2D eigenvalue weighted by atomic mass is 10.2. The highest BCUT2D eigenvalue weighted by atomic mass is 31.2. The number of aromatic hydroxyl groups is 1. The molecule has 3 rings (SSSR count). The maximum absolute atomic E-state index is 14.3. The molecule has 0 amide bonds. The van der Waals surface area contributed by atoms with Gasteiger partial charge in [0.05, 0.1) is 12.0 Å². The quantitative estimate of drug-likeness (QED) is 0.535. The van der Waals surface area contributed by atoms with E-state index in [-0.39, 0.29) is 18.1 Å². The molecule has 0 saturated heterocycles. The smallest absolute Gasteiger partial charge is 0.343 e. The number of hydrogen-bond donors (Lipinski definition) is 2. The number of rotatable bonds is 5. The molecule has 0 aliphatic rings. The fourth-order valence-corrected chi connectivity index (χ4v) is 5.86. The molecule has 0 aliphatic heterocycles. The molecule has 0 bridgehead atoms. The summed E-state index contributed by atoms with van der Waals surface area (Å²) in [4.78, 5) is 15.0. The topological polar surface area (TPSA) is 79.4 Å². The van der Waals surface area contributed by atoms with Crippen LogP contribution in [0, 0.1) is 6.92 Å². The van der Waals surface area contributed by atoms with Gasteiger partial charge in [-0.25, -0.2) is 4.79 Å². The van der Waals surface area contributed by atoms with Gasteiger partial charge in [-0.05, 0) is 19.4 Å². The Balaban J connectivity index is 2.27. The first-order valence-electron chi connectivity index (χ1n) is 8.30. The van der Waals surface area contributed by atoms with Crippen LogP contribution in [-0.2, 0) is 9.30 Å². The molecule has 0 fully saturated rings. The molecule has 2 aromatic carbocycles. The van der Waals surface area contributed by atoms with Crippen LogP contribution in [0.25, 0.3) is 0 Å². The predicted octanol–water partition coefficient (Wildman–Crippen LogP) is 2.84. The van der Waals surface area contributed by atoms with Gasteiger partial charge in [0.25, 0.3) is 0 Å². The standard InChI is InChI=1S/C20H20NO4P/c1-3-25-20(23)17-14(2)19(21-18(17)22)26(24,15-10-6-4-7-11-15)16-12-8-5-9-13-16/h4-13,21-22H,3H2,1-2H3. The summed E-state index contributed by atoms with van der Waals surface area (Å²) in [6, 6.07) is 18.1. The van der Waals surface area contributed by atoms with E-state index in [4.69, 9.17) is 4.74 Å². The maximum Gasteiger partial charge on any atom is 0.343 e. The van der Waals surface area contributed by atoms with Crippen LogP contribution in [0.2, 0.25) is 0 Å². The Morgan fingerprint density at radius 2 is 1.54 bits per heavy atom. The van der Waals surface area contributed by atoms with Crippen molar-refractivity contribution in [3.05, 3.63) is 71.8 Å². The van der Waals surface area contributed by atoms with Gasteiger partial charge in [-0.1, -0.05) is 60.7 Å². The summed E-state index contributed by atoms with van der Waals surface area (Å²) in [5, 5.41) is 11.5. The SMILES string of the molecule is CCOC(=O)c1c(O)[nH]c(P(=O)(c2ccccc2)c2ccccc2)c1C. The first-order chi connectivity index (χ1) is 12.5. The number of ether oxygens (including phenoxy) is 1. The third kappa shape index (κ3) is 2.95. The first kappa shape index (κ1) is 18.0. The van der Waals surface area contributed by atoms with Crippen LogP contribution >= 0.6 is 7.14 Å². The van der Waals surface area contributed by atoms with Crippen molar-refractivity contribution in [2.24, 2.45) is 0 Å². The summed E-state index contributed by atoms with van der Waals surface area (Å²) in [6.07, 6.45) is 0. The molecule has 1 heterocycles. The summed E-state index contributed by atoms with van der Waals surface area (Å²) in [5.41, 5.74) is 0.779. The molecule has 134 valence electrons. The number of hydrogen-bond acceptors (Lipinski definition) is 4. The molecule has 1 aromatic heterocycles.